The molecule has 162 valence electrons. The number of hydrogen-bond donors (Lipinski definition) is 2. The van der Waals surface area contributed by atoms with Crippen LogP contribution in [0.1, 0.15) is 28.0 Å². The quantitative estimate of drug-likeness (QED) is 0.408. The Morgan fingerprint density at radius 2 is 1.94 bits per heavy atom. The number of benzene rings is 2. The van der Waals surface area contributed by atoms with Gasteiger partial charge in [-0.15, -0.1) is 0 Å². The van der Waals surface area contributed by atoms with Gasteiger partial charge in [0.05, 0.1) is 30.6 Å². The molecule has 7 nitrogen and oxygen atoms in total. The first-order valence-corrected chi connectivity index (χ1v) is 10.5. The summed E-state index contributed by atoms with van der Waals surface area (Å²) in [6, 6.07) is 8.89. The highest BCUT2D eigenvalue weighted by Gasteiger charge is 2.32. The lowest BCUT2D eigenvalue weighted by Gasteiger charge is -2.13. The van der Waals surface area contributed by atoms with Gasteiger partial charge in [0.2, 0.25) is 0 Å². The van der Waals surface area contributed by atoms with Crippen LogP contribution in [0.5, 0.6) is 11.5 Å². The smallest absolute Gasteiger partial charge is 0.272 e. The first-order chi connectivity index (χ1) is 15.0. The molecule has 0 aliphatic heterocycles. The van der Waals surface area contributed by atoms with E-state index in [2.05, 4.69) is 10.4 Å². The van der Waals surface area contributed by atoms with E-state index in [1.54, 1.807) is 37.1 Å². The van der Waals surface area contributed by atoms with Crippen LogP contribution < -0.4 is 14.8 Å². The molecule has 2 aromatic carbocycles. The van der Waals surface area contributed by atoms with E-state index < -0.39 is 0 Å². The Morgan fingerprint density at radius 1 is 1.19 bits per heavy atom. The van der Waals surface area contributed by atoms with Crippen LogP contribution in [0.15, 0.2) is 30.3 Å². The Morgan fingerprint density at radius 3 is 2.65 bits per heavy atom. The Kier molecular flexibility index (Phi) is 6.09. The summed E-state index contributed by atoms with van der Waals surface area (Å²) < 4.78 is 12.6. The maximum atomic E-state index is 12.9. The van der Waals surface area contributed by atoms with E-state index in [9.17, 15) is 4.79 Å². The molecule has 0 fully saturated rings. The number of aliphatic hydroxyl groups is 1. The molecule has 0 atom stereocenters. The van der Waals surface area contributed by atoms with Crippen LogP contribution >= 0.6 is 23.2 Å². The van der Waals surface area contributed by atoms with Crippen LogP contribution in [0, 0.1) is 0 Å². The molecule has 1 aliphatic rings. The zero-order valence-electron chi connectivity index (χ0n) is 17.0. The van der Waals surface area contributed by atoms with Crippen molar-refractivity contribution >= 4 is 29.1 Å². The van der Waals surface area contributed by atoms with Crippen LogP contribution in [-0.4, -0.2) is 48.2 Å². The average molecular weight is 462 g/mol. The summed E-state index contributed by atoms with van der Waals surface area (Å²) in [5.41, 5.74) is 4.28. The molecule has 1 heterocycles. The minimum absolute atomic E-state index is 0.00399. The lowest BCUT2D eigenvalue weighted by molar-refractivity contribution is 0.0945. The summed E-state index contributed by atoms with van der Waals surface area (Å²) in [6.07, 6.45) is 0.968. The lowest BCUT2D eigenvalue weighted by atomic mass is 10.1. The van der Waals surface area contributed by atoms with Gasteiger partial charge in [0.25, 0.3) is 5.91 Å². The number of ether oxygens (including phenoxy) is 2. The van der Waals surface area contributed by atoms with Crippen LogP contribution in [0.4, 0.5) is 0 Å². The first-order valence-electron chi connectivity index (χ1n) is 9.70. The number of hydrogen-bond acceptors (Lipinski definition) is 5. The number of amides is 1. The van der Waals surface area contributed by atoms with E-state index >= 15 is 0 Å². The molecule has 0 radical (unpaired) electrons. The third-order valence-corrected chi connectivity index (χ3v) is 5.74. The van der Waals surface area contributed by atoms with Gasteiger partial charge in [-0.3, -0.25) is 4.79 Å². The molecule has 1 aromatic heterocycles. The van der Waals surface area contributed by atoms with Crippen molar-refractivity contribution in [3.05, 3.63) is 57.2 Å². The van der Waals surface area contributed by atoms with Crippen LogP contribution in [-0.2, 0) is 6.42 Å². The number of aliphatic hydroxyl groups excluding tert-OH is 1. The lowest BCUT2D eigenvalue weighted by Crippen LogP contribution is -2.26. The zero-order chi connectivity index (χ0) is 22.1. The van der Waals surface area contributed by atoms with Gasteiger partial charge in [0.1, 0.15) is 0 Å². The van der Waals surface area contributed by atoms with E-state index in [0.717, 1.165) is 22.4 Å². The fraction of sp³-hybridized carbons (Fsp3) is 0.273. The van der Waals surface area contributed by atoms with E-state index in [1.807, 2.05) is 12.1 Å². The van der Waals surface area contributed by atoms with Crippen molar-refractivity contribution in [1.82, 2.24) is 15.1 Å². The van der Waals surface area contributed by atoms with Crippen molar-refractivity contribution in [1.29, 1.82) is 0 Å². The Bertz CT molecular complexity index is 1160. The first kappa shape index (κ1) is 21.5. The maximum Gasteiger partial charge on any atom is 0.272 e. The van der Waals surface area contributed by atoms with E-state index in [4.69, 9.17) is 37.8 Å². The molecule has 0 unspecified atom stereocenters. The Balaban J connectivity index is 1.91. The minimum Gasteiger partial charge on any atom is -0.493 e. The Hall–Kier alpha value is -2.74. The number of halogens is 2. The van der Waals surface area contributed by atoms with Crippen LogP contribution in [0.3, 0.4) is 0 Å². The fourth-order valence-corrected chi connectivity index (χ4v) is 4.11. The number of carbonyl (C=O) groups is 1. The second-order valence-electron chi connectivity index (χ2n) is 7.06. The van der Waals surface area contributed by atoms with Crippen LogP contribution in [0.25, 0.3) is 16.9 Å². The molecule has 2 N–H and O–H groups in total. The predicted molar refractivity (Wildman–Crippen MR) is 119 cm³/mol. The van der Waals surface area contributed by atoms with Gasteiger partial charge in [0.15, 0.2) is 17.2 Å². The fourth-order valence-electron chi connectivity index (χ4n) is 3.74. The van der Waals surface area contributed by atoms with Gasteiger partial charge in [-0.2, -0.15) is 5.10 Å². The van der Waals surface area contributed by atoms with Gasteiger partial charge in [0, 0.05) is 35.7 Å². The number of carbonyl (C=O) groups excluding carboxylic acids is 1. The summed E-state index contributed by atoms with van der Waals surface area (Å²) in [4.78, 5) is 12.9. The largest absolute Gasteiger partial charge is 0.493 e. The predicted octanol–water partition coefficient (Wildman–Crippen LogP) is 3.88. The van der Waals surface area contributed by atoms with Crippen LogP contribution in [0.2, 0.25) is 10.0 Å². The summed E-state index contributed by atoms with van der Waals surface area (Å²) >= 11 is 12.7. The van der Waals surface area contributed by atoms with Crippen molar-refractivity contribution < 1.29 is 19.4 Å². The molecule has 0 spiro atoms. The molecule has 0 saturated heterocycles. The topological polar surface area (TPSA) is 85.6 Å². The average Bonchev–Trinajstić information content (AvgIpc) is 3.31. The number of nitrogens with one attached hydrogen (secondary N) is 1. The van der Waals surface area contributed by atoms with Crippen molar-refractivity contribution in [2.24, 2.45) is 0 Å². The minimum atomic E-state index is -0.312. The highest BCUT2D eigenvalue weighted by molar-refractivity contribution is 6.34. The molecular weight excluding hydrogens is 441 g/mol. The molecule has 1 aliphatic carbocycles. The maximum absolute atomic E-state index is 12.9. The molecule has 0 bridgehead atoms. The third kappa shape index (κ3) is 3.84. The third-order valence-electron chi connectivity index (χ3n) is 5.19. The highest BCUT2D eigenvalue weighted by Crippen LogP contribution is 2.45. The van der Waals surface area contributed by atoms with Gasteiger partial charge < -0.3 is 19.9 Å². The number of rotatable bonds is 7. The Labute approximate surface area is 189 Å². The normalized spacial score (nSPS) is 11.8. The molecule has 3 aromatic rings. The summed E-state index contributed by atoms with van der Waals surface area (Å²) in [6.45, 7) is 0.347. The SMILES string of the molecule is COc1cc2c(cc1OC)-c1c(c(C(=O)NCCCO)nn1-c1cc(Cl)ccc1Cl)C2. The molecule has 1 amide bonds. The number of aromatic nitrogens is 2. The monoisotopic (exact) mass is 461 g/mol. The summed E-state index contributed by atoms with van der Waals surface area (Å²) in [5.74, 6) is 0.877. The number of fused-ring (bicyclic) bond motifs is 3. The molecule has 31 heavy (non-hydrogen) atoms. The molecule has 4 rings (SSSR count). The molecular formula is C22H21Cl2N3O4. The van der Waals surface area contributed by atoms with Crippen molar-refractivity contribution in [2.45, 2.75) is 12.8 Å². The second kappa shape index (κ2) is 8.78. The van der Waals surface area contributed by atoms with Gasteiger partial charge in [-0.25, -0.2) is 4.68 Å². The molecule has 0 saturated carbocycles. The number of methoxy groups -OCH3 is 2. The van der Waals surface area contributed by atoms with E-state index in [1.165, 1.54) is 0 Å². The van der Waals surface area contributed by atoms with Gasteiger partial charge in [-0.1, -0.05) is 23.2 Å². The summed E-state index contributed by atoms with van der Waals surface area (Å²) in [5, 5.41) is 17.4. The highest BCUT2D eigenvalue weighted by atomic mass is 35.5. The molecule has 9 heteroatoms. The van der Waals surface area contributed by atoms with Crippen molar-refractivity contribution in [3.8, 4) is 28.4 Å². The van der Waals surface area contributed by atoms with E-state index in [-0.39, 0.29) is 12.5 Å². The van der Waals surface area contributed by atoms with Gasteiger partial charge in [-0.05, 0) is 42.3 Å². The number of nitrogens with zero attached hydrogens (tertiary/aromatic N) is 2. The van der Waals surface area contributed by atoms with Gasteiger partial charge >= 0.3 is 0 Å². The standard InChI is InChI=1S/C22H21Cl2N3O4/c1-30-18-9-12-8-15-20(22(29)25-6-3-7-28)26-27(17-10-13(23)4-5-16(17)24)21(15)14(12)11-19(18)31-2/h4-5,9-11,28H,3,6-8H2,1-2H3,(H,25,29). The zero-order valence-corrected chi connectivity index (χ0v) is 18.5. The second-order valence-corrected chi connectivity index (χ2v) is 7.90. The summed E-state index contributed by atoms with van der Waals surface area (Å²) in [7, 11) is 3.16. The van der Waals surface area contributed by atoms with Crippen molar-refractivity contribution in [3.63, 3.8) is 0 Å². The van der Waals surface area contributed by atoms with E-state index in [0.29, 0.717) is 52.3 Å². The van der Waals surface area contributed by atoms with Crippen molar-refractivity contribution in [2.75, 3.05) is 27.4 Å².